The number of ketones is 2. The Hall–Kier alpha value is -0.310. The molecule has 0 radical (unpaired) electrons. The Labute approximate surface area is 89.8 Å². The molecule has 1 unspecified atom stereocenters. The fourth-order valence-electron chi connectivity index (χ4n) is 1.91. The highest BCUT2D eigenvalue weighted by Crippen LogP contribution is 2.25. The van der Waals surface area contributed by atoms with Gasteiger partial charge in [-0.05, 0) is 18.6 Å². The second-order valence-electron chi connectivity index (χ2n) is 3.84. The fraction of sp³-hybridized carbons (Fsp3) is 0.818. The topological polar surface area (TPSA) is 34.1 Å². The third-order valence-corrected chi connectivity index (χ3v) is 3.74. The van der Waals surface area contributed by atoms with E-state index in [1.807, 2.05) is 11.8 Å². The predicted octanol–water partition coefficient (Wildman–Crippen LogP) is 2.46. The highest BCUT2D eigenvalue weighted by Gasteiger charge is 2.30. The van der Waals surface area contributed by atoms with Gasteiger partial charge in [0.05, 0.1) is 5.92 Å². The summed E-state index contributed by atoms with van der Waals surface area (Å²) in [6.07, 6.45) is 2.74. The third kappa shape index (κ3) is 3.12. The molecule has 0 amide bonds. The number of thioether (sulfide) groups is 1. The zero-order valence-electron chi connectivity index (χ0n) is 8.91. The third-order valence-electron chi connectivity index (χ3n) is 2.64. The number of carbonyl (C=O) groups excluding carboxylic acids is 2. The van der Waals surface area contributed by atoms with Gasteiger partial charge in [-0.25, -0.2) is 0 Å². The lowest BCUT2D eigenvalue weighted by Crippen LogP contribution is -2.30. The van der Waals surface area contributed by atoms with Crippen molar-refractivity contribution in [2.24, 2.45) is 5.92 Å². The average molecular weight is 214 g/mol. The molecule has 1 aliphatic rings. The molecule has 0 aromatic heterocycles. The van der Waals surface area contributed by atoms with Crippen LogP contribution in [0.2, 0.25) is 0 Å². The molecule has 0 aromatic rings. The number of Topliss-reactive ketones (excluding diaryl/α,β-unsaturated/α-hetero) is 2. The van der Waals surface area contributed by atoms with Crippen LogP contribution in [0.15, 0.2) is 0 Å². The van der Waals surface area contributed by atoms with Crippen molar-refractivity contribution in [1.82, 2.24) is 0 Å². The first-order valence-corrected chi connectivity index (χ1v) is 6.37. The second-order valence-corrected chi connectivity index (χ2v) is 5.56. The van der Waals surface area contributed by atoms with Crippen molar-refractivity contribution < 1.29 is 9.59 Å². The minimum absolute atomic E-state index is 0.171. The van der Waals surface area contributed by atoms with Gasteiger partial charge in [-0.2, -0.15) is 11.8 Å². The average Bonchev–Trinajstić information content (AvgIpc) is 2.12. The molecule has 1 atom stereocenters. The van der Waals surface area contributed by atoms with E-state index >= 15 is 0 Å². The maximum Gasteiger partial charge on any atom is 0.143 e. The van der Waals surface area contributed by atoms with Crippen LogP contribution in [0, 0.1) is 5.92 Å². The largest absolute Gasteiger partial charge is 0.299 e. The van der Waals surface area contributed by atoms with Crippen LogP contribution in [0.25, 0.3) is 0 Å². The smallest absolute Gasteiger partial charge is 0.143 e. The maximum absolute atomic E-state index is 11.5. The molecule has 0 aliphatic heterocycles. The van der Waals surface area contributed by atoms with Crippen LogP contribution in [-0.4, -0.2) is 22.6 Å². The van der Waals surface area contributed by atoms with E-state index in [1.54, 1.807) is 0 Å². The molecule has 80 valence electrons. The van der Waals surface area contributed by atoms with Crippen LogP contribution in [0.4, 0.5) is 0 Å². The summed E-state index contributed by atoms with van der Waals surface area (Å²) in [5, 5.41) is 0.427. The first-order valence-electron chi connectivity index (χ1n) is 5.32. The molecule has 1 saturated carbocycles. The molecule has 1 rings (SSSR count). The van der Waals surface area contributed by atoms with E-state index in [9.17, 15) is 9.59 Å². The Morgan fingerprint density at radius 2 is 1.93 bits per heavy atom. The van der Waals surface area contributed by atoms with Gasteiger partial charge in [0.2, 0.25) is 0 Å². The fourth-order valence-corrected chi connectivity index (χ4v) is 2.81. The van der Waals surface area contributed by atoms with Gasteiger partial charge >= 0.3 is 0 Å². The van der Waals surface area contributed by atoms with Gasteiger partial charge in [0.25, 0.3) is 0 Å². The highest BCUT2D eigenvalue weighted by atomic mass is 32.2. The first-order chi connectivity index (χ1) is 6.65. The number of rotatable bonds is 4. The molecule has 0 heterocycles. The van der Waals surface area contributed by atoms with Crippen molar-refractivity contribution in [1.29, 1.82) is 0 Å². The standard InChI is InChI=1S/C11H18O2S/c1-3-14-8(2)7-9-10(12)5-4-6-11(9)13/h8-9H,3-7H2,1-2H3. The Morgan fingerprint density at radius 1 is 1.36 bits per heavy atom. The number of carbonyl (C=O) groups is 2. The van der Waals surface area contributed by atoms with Gasteiger partial charge in [-0.1, -0.05) is 13.8 Å². The minimum atomic E-state index is -0.280. The summed E-state index contributed by atoms with van der Waals surface area (Å²) in [5.74, 6) is 1.11. The van der Waals surface area contributed by atoms with Crippen LogP contribution in [-0.2, 0) is 9.59 Å². The maximum atomic E-state index is 11.5. The minimum Gasteiger partial charge on any atom is -0.299 e. The summed E-state index contributed by atoms with van der Waals surface area (Å²) in [5.41, 5.74) is 0. The monoisotopic (exact) mass is 214 g/mol. The van der Waals surface area contributed by atoms with E-state index in [4.69, 9.17) is 0 Å². The summed E-state index contributed by atoms with van der Waals surface area (Å²) in [4.78, 5) is 23.0. The van der Waals surface area contributed by atoms with Gasteiger partial charge in [-0.3, -0.25) is 9.59 Å². The van der Waals surface area contributed by atoms with Crippen LogP contribution >= 0.6 is 11.8 Å². The summed E-state index contributed by atoms with van der Waals surface area (Å²) in [7, 11) is 0. The van der Waals surface area contributed by atoms with Gasteiger partial charge in [0.15, 0.2) is 0 Å². The molecular formula is C11H18O2S. The van der Waals surface area contributed by atoms with Gasteiger partial charge in [0.1, 0.15) is 11.6 Å². The van der Waals surface area contributed by atoms with Crippen LogP contribution in [0.3, 0.4) is 0 Å². The quantitative estimate of drug-likeness (QED) is 0.674. The molecule has 3 heteroatoms. The van der Waals surface area contributed by atoms with E-state index < -0.39 is 0 Å². The molecule has 0 aromatic carbocycles. The van der Waals surface area contributed by atoms with Crippen LogP contribution < -0.4 is 0 Å². The Kier molecular flexibility index (Phi) is 4.66. The molecule has 0 saturated heterocycles. The van der Waals surface area contributed by atoms with Gasteiger partial charge in [-0.15, -0.1) is 0 Å². The molecule has 2 nitrogen and oxygen atoms in total. The van der Waals surface area contributed by atoms with E-state index in [0.29, 0.717) is 18.1 Å². The SMILES string of the molecule is CCSC(C)CC1C(=O)CCCC1=O. The predicted molar refractivity (Wildman–Crippen MR) is 59.6 cm³/mol. The normalized spacial score (nSPS) is 21.3. The summed E-state index contributed by atoms with van der Waals surface area (Å²) in [6, 6.07) is 0. The van der Waals surface area contributed by atoms with Gasteiger partial charge < -0.3 is 0 Å². The summed E-state index contributed by atoms with van der Waals surface area (Å²) in [6.45, 7) is 4.20. The van der Waals surface area contributed by atoms with Gasteiger partial charge in [0, 0.05) is 18.1 Å². The van der Waals surface area contributed by atoms with Crippen molar-refractivity contribution in [3.8, 4) is 0 Å². The van der Waals surface area contributed by atoms with Crippen molar-refractivity contribution >= 4 is 23.3 Å². The van der Waals surface area contributed by atoms with Crippen LogP contribution in [0.5, 0.6) is 0 Å². The van der Waals surface area contributed by atoms with Crippen molar-refractivity contribution in [3.05, 3.63) is 0 Å². The van der Waals surface area contributed by atoms with Crippen LogP contribution in [0.1, 0.15) is 39.5 Å². The second kappa shape index (κ2) is 5.54. The van der Waals surface area contributed by atoms with Crippen molar-refractivity contribution in [2.75, 3.05) is 5.75 Å². The van der Waals surface area contributed by atoms with E-state index in [1.165, 1.54) is 0 Å². The lowest BCUT2D eigenvalue weighted by Gasteiger charge is -2.21. The first kappa shape index (κ1) is 11.8. The summed E-state index contributed by atoms with van der Waals surface area (Å²) >= 11 is 1.82. The molecular weight excluding hydrogens is 196 g/mol. The lowest BCUT2D eigenvalue weighted by atomic mass is 9.84. The van der Waals surface area contributed by atoms with E-state index in [-0.39, 0.29) is 17.5 Å². The lowest BCUT2D eigenvalue weighted by molar-refractivity contribution is -0.135. The number of hydrogen-bond donors (Lipinski definition) is 0. The highest BCUT2D eigenvalue weighted by molar-refractivity contribution is 7.99. The van der Waals surface area contributed by atoms with E-state index in [0.717, 1.165) is 18.6 Å². The molecule has 0 bridgehead atoms. The molecule has 1 fully saturated rings. The molecule has 0 spiro atoms. The van der Waals surface area contributed by atoms with E-state index in [2.05, 4.69) is 13.8 Å². The Morgan fingerprint density at radius 3 is 2.43 bits per heavy atom. The molecule has 14 heavy (non-hydrogen) atoms. The molecule has 0 N–H and O–H groups in total. The Balaban J connectivity index is 2.47. The summed E-state index contributed by atoms with van der Waals surface area (Å²) < 4.78 is 0. The number of hydrogen-bond acceptors (Lipinski definition) is 3. The van der Waals surface area contributed by atoms with Crippen molar-refractivity contribution in [3.63, 3.8) is 0 Å². The van der Waals surface area contributed by atoms with Crippen molar-refractivity contribution in [2.45, 2.75) is 44.8 Å². The Bertz CT molecular complexity index is 209. The zero-order valence-corrected chi connectivity index (χ0v) is 9.73. The molecule has 1 aliphatic carbocycles. The zero-order chi connectivity index (χ0) is 10.6.